The topological polar surface area (TPSA) is 116 Å². The number of rotatable bonds is 8. The Hall–Kier alpha value is -3.82. The average Bonchev–Trinajstić information content (AvgIpc) is 3.20. The van der Waals surface area contributed by atoms with Gasteiger partial charge in [0.2, 0.25) is 5.76 Å². The first kappa shape index (κ1) is 21.9. The van der Waals surface area contributed by atoms with Gasteiger partial charge >= 0.3 is 18.0 Å². The molecule has 1 unspecified atom stereocenters. The van der Waals surface area contributed by atoms with E-state index in [0.29, 0.717) is 11.5 Å². The van der Waals surface area contributed by atoms with Crippen LogP contribution in [-0.2, 0) is 20.9 Å². The maximum Gasteiger partial charge on any atom is 0.374 e. The van der Waals surface area contributed by atoms with Crippen LogP contribution in [0.4, 0.5) is 9.18 Å². The van der Waals surface area contributed by atoms with Crippen LogP contribution < -0.4 is 15.4 Å². The number of hydrogen-bond acceptors (Lipinski definition) is 7. The summed E-state index contributed by atoms with van der Waals surface area (Å²) in [6.45, 7) is 3.10. The maximum atomic E-state index is 12.9. The molecule has 2 aromatic rings. The summed E-state index contributed by atoms with van der Waals surface area (Å²) < 4.78 is 34.0. The molecule has 0 aliphatic carbocycles. The van der Waals surface area contributed by atoms with Crippen LogP contribution in [0.2, 0.25) is 0 Å². The van der Waals surface area contributed by atoms with Gasteiger partial charge in [-0.3, -0.25) is 0 Å². The molecule has 1 aromatic heterocycles. The van der Waals surface area contributed by atoms with Gasteiger partial charge in [0.25, 0.3) is 0 Å². The first-order valence-corrected chi connectivity index (χ1v) is 9.49. The number of ether oxygens (including phenoxy) is 3. The Morgan fingerprint density at radius 1 is 1.06 bits per heavy atom. The smallest absolute Gasteiger partial charge is 0.374 e. The summed E-state index contributed by atoms with van der Waals surface area (Å²) >= 11 is 0. The van der Waals surface area contributed by atoms with Crippen molar-refractivity contribution in [1.29, 1.82) is 0 Å². The summed E-state index contributed by atoms with van der Waals surface area (Å²) in [6, 6.07) is 7.28. The lowest BCUT2D eigenvalue weighted by Crippen LogP contribution is -2.50. The normalized spacial score (nSPS) is 15.7. The van der Waals surface area contributed by atoms with Crippen molar-refractivity contribution in [3.8, 4) is 5.75 Å². The fourth-order valence-corrected chi connectivity index (χ4v) is 2.85. The molecule has 0 fully saturated rings. The lowest BCUT2D eigenvalue weighted by Gasteiger charge is -2.26. The Bertz CT molecular complexity index is 997. The van der Waals surface area contributed by atoms with Crippen LogP contribution >= 0.6 is 0 Å². The predicted octanol–water partition coefficient (Wildman–Crippen LogP) is 2.67. The van der Waals surface area contributed by atoms with E-state index in [4.69, 9.17) is 18.6 Å². The number of carbonyl (C=O) groups excluding carboxylic acids is 3. The molecule has 31 heavy (non-hydrogen) atoms. The largest absolute Gasteiger partial charge is 0.486 e. The van der Waals surface area contributed by atoms with E-state index < -0.39 is 24.0 Å². The van der Waals surface area contributed by atoms with E-state index in [9.17, 15) is 18.8 Å². The molecule has 10 heteroatoms. The van der Waals surface area contributed by atoms with Crippen molar-refractivity contribution in [2.24, 2.45) is 0 Å². The first-order chi connectivity index (χ1) is 14.9. The second kappa shape index (κ2) is 9.79. The highest BCUT2D eigenvalue weighted by Gasteiger charge is 2.30. The molecule has 2 heterocycles. The minimum absolute atomic E-state index is 0.0241. The second-order valence-corrected chi connectivity index (χ2v) is 6.52. The molecule has 2 N–H and O–H groups in total. The van der Waals surface area contributed by atoms with Crippen LogP contribution in [0.25, 0.3) is 0 Å². The first-order valence-electron chi connectivity index (χ1n) is 9.49. The molecule has 164 valence electrons. The van der Waals surface area contributed by atoms with E-state index in [1.807, 2.05) is 0 Å². The van der Waals surface area contributed by atoms with Crippen LogP contribution in [0.1, 0.15) is 30.2 Å². The summed E-state index contributed by atoms with van der Waals surface area (Å²) in [6.07, 6.45) is 0. The van der Waals surface area contributed by atoms with Crippen molar-refractivity contribution in [3.05, 3.63) is 65.0 Å². The lowest BCUT2D eigenvalue weighted by atomic mass is 10.0. The summed E-state index contributed by atoms with van der Waals surface area (Å²) in [5.41, 5.74) is 0.302. The summed E-state index contributed by atoms with van der Waals surface area (Å²) in [7, 11) is 0. The second-order valence-electron chi connectivity index (χ2n) is 6.52. The standard InChI is InChI=1S/C21H21FN2O7/c1-3-28-20(26)18-12(2)23-21(27)24-16(18)11-30-19(25)17-9-8-15(31-17)10-29-14-6-4-13(22)5-7-14/h4-9,12H,3,10-11H2,1-2H3,(H2,23,24,27). The molecule has 1 aliphatic heterocycles. The SMILES string of the molecule is CCOC(=O)C1=C(COC(=O)c2ccc(COc3ccc(F)cc3)o2)NC(=O)NC1C. The molecule has 1 aliphatic rings. The van der Waals surface area contributed by atoms with Crippen LogP contribution in [-0.4, -0.2) is 37.2 Å². The molecular weight excluding hydrogens is 411 g/mol. The monoisotopic (exact) mass is 432 g/mol. The van der Waals surface area contributed by atoms with Gasteiger partial charge in [-0.1, -0.05) is 0 Å². The van der Waals surface area contributed by atoms with Crippen molar-refractivity contribution >= 4 is 18.0 Å². The van der Waals surface area contributed by atoms with Crippen molar-refractivity contribution in [2.75, 3.05) is 13.2 Å². The fourth-order valence-electron chi connectivity index (χ4n) is 2.85. The van der Waals surface area contributed by atoms with Gasteiger partial charge in [-0.25, -0.2) is 18.8 Å². The van der Waals surface area contributed by atoms with Gasteiger partial charge in [0, 0.05) is 0 Å². The minimum atomic E-state index is -0.788. The van der Waals surface area contributed by atoms with Crippen molar-refractivity contribution in [2.45, 2.75) is 26.5 Å². The van der Waals surface area contributed by atoms with Gasteiger partial charge in [-0.05, 0) is 50.2 Å². The Kier molecular flexibility index (Phi) is 6.91. The molecule has 0 radical (unpaired) electrons. The van der Waals surface area contributed by atoms with E-state index in [-0.39, 0.29) is 42.7 Å². The zero-order valence-corrected chi connectivity index (χ0v) is 16.9. The molecule has 1 atom stereocenters. The third-order valence-electron chi connectivity index (χ3n) is 4.27. The quantitative estimate of drug-likeness (QED) is 0.616. The van der Waals surface area contributed by atoms with Gasteiger partial charge in [0.1, 0.15) is 30.5 Å². The number of hydrogen-bond donors (Lipinski definition) is 2. The molecule has 2 amide bonds. The lowest BCUT2D eigenvalue weighted by molar-refractivity contribution is -0.139. The number of amides is 2. The molecule has 0 spiro atoms. The number of carbonyl (C=O) groups is 3. The van der Waals surface area contributed by atoms with Crippen LogP contribution in [0.15, 0.2) is 52.1 Å². The van der Waals surface area contributed by atoms with Crippen LogP contribution in [0.5, 0.6) is 5.75 Å². The van der Waals surface area contributed by atoms with E-state index in [1.165, 1.54) is 36.4 Å². The number of halogens is 1. The summed E-state index contributed by atoms with van der Waals surface area (Å²) in [4.78, 5) is 36.2. The number of nitrogens with one attached hydrogen (secondary N) is 2. The van der Waals surface area contributed by atoms with E-state index in [1.54, 1.807) is 13.8 Å². The minimum Gasteiger partial charge on any atom is -0.486 e. The third kappa shape index (κ3) is 5.62. The Morgan fingerprint density at radius 3 is 2.52 bits per heavy atom. The Balaban J connectivity index is 1.61. The number of furan rings is 1. The molecule has 0 saturated carbocycles. The van der Waals surface area contributed by atoms with Crippen LogP contribution in [0.3, 0.4) is 0 Å². The summed E-state index contributed by atoms with van der Waals surface area (Å²) in [5.74, 6) is -1.07. The van der Waals surface area contributed by atoms with Gasteiger partial charge in [0.15, 0.2) is 0 Å². The van der Waals surface area contributed by atoms with E-state index >= 15 is 0 Å². The fraction of sp³-hybridized carbons (Fsp3) is 0.286. The zero-order chi connectivity index (χ0) is 22.4. The van der Waals surface area contributed by atoms with Gasteiger partial charge in [-0.15, -0.1) is 0 Å². The molecular formula is C21H21FN2O7. The van der Waals surface area contributed by atoms with Gasteiger partial charge < -0.3 is 29.3 Å². The molecule has 1 aromatic carbocycles. The van der Waals surface area contributed by atoms with Gasteiger partial charge in [-0.2, -0.15) is 0 Å². The van der Waals surface area contributed by atoms with Crippen molar-refractivity contribution in [1.82, 2.24) is 10.6 Å². The van der Waals surface area contributed by atoms with E-state index in [0.717, 1.165) is 0 Å². The average molecular weight is 432 g/mol. The molecule has 0 saturated heterocycles. The number of urea groups is 1. The Morgan fingerprint density at radius 2 is 1.81 bits per heavy atom. The zero-order valence-electron chi connectivity index (χ0n) is 16.9. The highest BCUT2D eigenvalue weighted by Crippen LogP contribution is 2.17. The maximum absolute atomic E-state index is 12.9. The Labute approximate surface area is 177 Å². The van der Waals surface area contributed by atoms with Crippen LogP contribution in [0, 0.1) is 5.82 Å². The number of benzene rings is 1. The molecule has 0 bridgehead atoms. The summed E-state index contributed by atoms with van der Waals surface area (Å²) in [5, 5.41) is 5.01. The van der Waals surface area contributed by atoms with E-state index in [2.05, 4.69) is 10.6 Å². The molecule has 9 nitrogen and oxygen atoms in total. The van der Waals surface area contributed by atoms with Gasteiger partial charge in [0.05, 0.1) is 23.9 Å². The van der Waals surface area contributed by atoms with Crippen molar-refractivity contribution in [3.63, 3.8) is 0 Å². The number of esters is 2. The highest BCUT2D eigenvalue weighted by atomic mass is 19.1. The molecule has 3 rings (SSSR count). The third-order valence-corrected chi connectivity index (χ3v) is 4.27. The predicted molar refractivity (Wildman–Crippen MR) is 105 cm³/mol. The van der Waals surface area contributed by atoms with Crippen molar-refractivity contribution < 1.29 is 37.4 Å². The highest BCUT2D eigenvalue weighted by molar-refractivity contribution is 5.95.